The first-order valence-electron chi connectivity index (χ1n) is 5.19. The summed E-state index contributed by atoms with van der Waals surface area (Å²) in [5, 5.41) is -0.464. The Bertz CT molecular complexity index is 386. The molecule has 0 aliphatic rings. The van der Waals surface area contributed by atoms with Crippen molar-refractivity contribution in [2.45, 2.75) is 31.1 Å². The number of halogens is 1. The van der Waals surface area contributed by atoms with Gasteiger partial charge in [0.1, 0.15) is 0 Å². The lowest BCUT2D eigenvalue weighted by Crippen LogP contribution is -2.10. The van der Waals surface area contributed by atoms with Crippen LogP contribution in [0.3, 0.4) is 0 Å². The van der Waals surface area contributed by atoms with E-state index in [1.807, 2.05) is 0 Å². The summed E-state index contributed by atoms with van der Waals surface area (Å²) >= 11 is 5.33. The van der Waals surface area contributed by atoms with Crippen molar-refractivity contribution in [3.8, 4) is 0 Å². The molecule has 0 spiro atoms. The molecular weight excluding hydrogens is 274 g/mol. The number of nitrogens with zero attached hydrogens (tertiary/aromatic N) is 1. The molecule has 0 bridgehead atoms. The van der Waals surface area contributed by atoms with Crippen LogP contribution in [0.5, 0.6) is 0 Å². The van der Waals surface area contributed by atoms with Crippen molar-refractivity contribution < 1.29 is 4.79 Å². The SMILES string of the molecule is CN(SSc1ccc(C(C)(C)C)cc1)C(=O)Cl. The molecule has 0 unspecified atom stereocenters. The molecule has 17 heavy (non-hydrogen) atoms. The van der Waals surface area contributed by atoms with E-state index in [4.69, 9.17) is 11.6 Å². The van der Waals surface area contributed by atoms with Crippen LogP contribution in [0.4, 0.5) is 4.79 Å². The van der Waals surface area contributed by atoms with Gasteiger partial charge in [-0.15, -0.1) is 0 Å². The molecule has 5 heteroatoms. The number of hydrogen-bond acceptors (Lipinski definition) is 3. The van der Waals surface area contributed by atoms with Gasteiger partial charge in [-0.2, -0.15) is 0 Å². The van der Waals surface area contributed by atoms with Crippen molar-refractivity contribution in [2.24, 2.45) is 0 Å². The molecule has 0 aliphatic carbocycles. The predicted molar refractivity (Wildman–Crippen MR) is 77.6 cm³/mol. The third kappa shape index (κ3) is 4.82. The quantitative estimate of drug-likeness (QED) is 0.340. The molecule has 0 N–H and O–H groups in total. The van der Waals surface area contributed by atoms with Gasteiger partial charge in [-0.1, -0.05) is 32.9 Å². The van der Waals surface area contributed by atoms with Gasteiger partial charge < -0.3 is 0 Å². The van der Waals surface area contributed by atoms with E-state index in [2.05, 4.69) is 45.0 Å². The van der Waals surface area contributed by atoms with Crippen LogP contribution in [-0.4, -0.2) is 16.7 Å². The van der Waals surface area contributed by atoms with E-state index in [1.54, 1.807) is 7.05 Å². The van der Waals surface area contributed by atoms with Crippen molar-refractivity contribution in [3.63, 3.8) is 0 Å². The van der Waals surface area contributed by atoms with E-state index >= 15 is 0 Å². The highest BCUT2D eigenvalue weighted by Crippen LogP contribution is 2.34. The lowest BCUT2D eigenvalue weighted by molar-refractivity contribution is 0.251. The second-order valence-electron chi connectivity index (χ2n) is 4.68. The van der Waals surface area contributed by atoms with Gasteiger partial charge in [0, 0.05) is 22.9 Å². The molecule has 0 radical (unpaired) electrons. The van der Waals surface area contributed by atoms with Gasteiger partial charge >= 0.3 is 5.37 Å². The van der Waals surface area contributed by atoms with E-state index in [0.717, 1.165) is 4.90 Å². The number of carbonyl (C=O) groups is 1. The van der Waals surface area contributed by atoms with E-state index in [-0.39, 0.29) is 5.41 Å². The normalized spacial score (nSPS) is 11.4. The second-order valence-corrected chi connectivity index (χ2v) is 7.29. The molecule has 0 aliphatic heterocycles. The zero-order chi connectivity index (χ0) is 13.1. The Morgan fingerprint density at radius 2 is 1.76 bits per heavy atom. The second kappa shape index (κ2) is 6.03. The number of carbonyl (C=O) groups excluding carboxylic acids is 1. The van der Waals surface area contributed by atoms with Crippen LogP contribution in [0, 0.1) is 0 Å². The van der Waals surface area contributed by atoms with Crippen LogP contribution >= 0.6 is 33.4 Å². The van der Waals surface area contributed by atoms with Crippen LogP contribution in [0.1, 0.15) is 26.3 Å². The minimum Gasteiger partial charge on any atom is -0.266 e. The lowest BCUT2D eigenvalue weighted by atomic mass is 9.87. The Morgan fingerprint density at radius 3 is 2.18 bits per heavy atom. The molecule has 1 rings (SSSR count). The summed E-state index contributed by atoms with van der Waals surface area (Å²) in [7, 11) is 4.48. The molecule has 0 fully saturated rings. The van der Waals surface area contributed by atoms with Gasteiger partial charge in [0.05, 0.1) is 0 Å². The van der Waals surface area contributed by atoms with Gasteiger partial charge in [-0.05, 0) is 45.5 Å². The van der Waals surface area contributed by atoms with E-state index in [1.165, 1.54) is 31.6 Å². The highest BCUT2D eigenvalue weighted by molar-refractivity contribution is 8.76. The maximum Gasteiger partial charge on any atom is 0.326 e. The van der Waals surface area contributed by atoms with Crippen molar-refractivity contribution in [2.75, 3.05) is 7.05 Å². The number of benzene rings is 1. The van der Waals surface area contributed by atoms with Crippen LogP contribution in [0.2, 0.25) is 0 Å². The van der Waals surface area contributed by atoms with Crippen molar-refractivity contribution in [1.29, 1.82) is 0 Å². The van der Waals surface area contributed by atoms with E-state index in [0.29, 0.717) is 0 Å². The maximum absolute atomic E-state index is 10.8. The monoisotopic (exact) mass is 289 g/mol. The van der Waals surface area contributed by atoms with E-state index in [9.17, 15) is 4.79 Å². The first-order valence-corrected chi connectivity index (χ1v) is 7.67. The molecule has 0 aromatic heterocycles. The molecule has 1 aromatic carbocycles. The number of amides is 1. The zero-order valence-corrected chi connectivity index (χ0v) is 12.7. The van der Waals surface area contributed by atoms with Crippen molar-refractivity contribution >= 4 is 38.7 Å². The summed E-state index contributed by atoms with van der Waals surface area (Å²) in [6, 6.07) is 8.35. The summed E-state index contributed by atoms with van der Waals surface area (Å²) < 4.78 is 1.39. The fourth-order valence-electron chi connectivity index (χ4n) is 1.14. The van der Waals surface area contributed by atoms with Gasteiger partial charge in [-0.3, -0.25) is 9.10 Å². The number of rotatable bonds is 3. The molecule has 0 saturated heterocycles. The van der Waals surface area contributed by atoms with Crippen LogP contribution in [-0.2, 0) is 5.41 Å². The fraction of sp³-hybridized carbons (Fsp3) is 0.417. The van der Waals surface area contributed by atoms with Gasteiger partial charge in [0.25, 0.3) is 0 Å². The average Bonchev–Trinajstić information content (AvgIpc) is 2.25. The van der Waals surface area contributed by atoms with E-state index < -0.39 is 5.37 Å². The Kier molecular flexibility index (Phi) is 5.22. The fourth-order valence-corrected chi connectivity index (χ4v) is 3.00. The van der Waals surface area contributed by atoms with Crippen molar-refractivity contribution in [1.82, 2.24) is 4.31 Å². The zero-order valence-electron chi connectivity index (χ0n) is 10.4. The molecule has 0 heterocycles. The smallest absolute Gasteiger partial charge is 0.266 e. The first-order chi connectivity index (χ1) is 7.80. The summed E-state index contributed by atoms with van der Waals surface area (Å²) in [5.41, 5.74) is 1.47. The summed E-state index contributed by atoms with van der Waals surface area (Å²) in [6.07, 6.45) is 0. The highest BCUT2D eigenvalue weighted by Gasteiger charge is 2.13. The van der Waals surface area contributed by atoms with Gasteiger partial charge in [0.15, 0.2) is 0 Å². The van der Waals surface area contributed by atoms with Crippen LogP contribution in [0.15, 0.2) is 29.2 Å². The third-order valence-corrected chi connectivity index (χ3v) is 4.97. The Labute approximate surface area is 116 Å². The molecule has 0 saturated carbocycles. The van der Waals surface area contributed by atoms with Crippen LogP contribution < -0.4 is 0 Å². The molecule has 2 nitrogen and oxygen atoms in total. The molecule has 94 valence electrons. The van der Waals surface area contributed by atoms with Crippen LogP contribution in [0.25, 0.3) is 0 Å². The summed E-state index contributed by atoms with van der Waals surface area (Å²) in [4.78, 5) is 11.9. The lowest BCUT2D eigenvalue weighted by Gasteiger charge is -2.19. The molecular formula is C12H16ClNOS2. The first kappa shape index (κ1) is 14.7. The van der Waals surface area contributed by atoms with Gasteiger partial charge in [-0.25, -0.2) is 0 Å². The average molecular weight is 290 g/mol. The third-order valence-electron chi connectivity index (χ3n) is 2.21. The maximum atomic E-state index is 10.8. The molecule has 0 atom stereocenters. The number of hydrogen-bond donors (Lipinski definition) is 0. The Balaban J connectivity index is 2.60. The Hall–Kier alpha value is -0.320. The largest absolute Gasteiger partial charge is 0.326 e. The minimum absolute atomic E-state index is 0.166. The minimum atomic E-state index is -0.464. The topological polar surface area (TPSA) is 20.3 Å². The summed E-state index contributed by atoms with van der Waals surface area (Å²) in [6.45, 7) is 6.55. The highest BCUT2D eigenvalue weighted by atomic mass is 35.5. The predicted octanol–water partition coefficient (Wildman–Crippen LogP) is 4.93. The Morgan fingerprint density at radius 1 is 1.24 bits per heavy atom. The van der Waals surface area contributed by atoms with Gasteiger partial charge in [0.2, 0.25) is 0 Å². The standard InChI is InChI=1S/C12H16ClNOS2/c1-12(2,3)9-5-7-10(8-6-9)16-17-14(4)11(13)15/h5-8H,1-4H3. The summed E-state index contributed by atoms with van der Waals surface area (Å²) in [5.74, 6) is 0. The van der Waals surface area contributed by atoms with Crippen molar-refractivity contribution in [3.05, 3.63) is 29.8 Å². The molecule has 1 amide bonds. The molecule has 1 aromatic rings.